The SMILES string of the molecule is O=C(OCC(=O)C12CC3CC(CC(C3)C1)C2)c1cccc(S(=O)(=O)N2CCCc3ccccc32)c1. The van der Waals surface area contributed by atoms with E-state index in [0.29, 0.717) is 30.0 Å². The predicted molar refractivity (Wildman–Crippen MR) is 132 cm³/mol. The summed E-state index contributed by atoms with van der Waals surface area (Å²) < 4.78 is 33.8. The number of para-hydroxylation sites is 1. The van der Waals surface area contributed by atoms with E-state index in [-0.39, 0.29) is 28.3 Å². The topological polar surface area (TPSA) is 80.8 Å². The number of carbonyl (C=O) groups is 2. The van der Waals surface area contributed by atoms with E-state index in [1.54, 1.807) is 12.1 Å². The number of fused-ring (bicyclic) bond motifs is 1. The Hall–Kier alpha value is -2.67. The first-order valence-electron chi connectivity index (χ1n) is 12.8. The van der Waals surface area contributed by atoms with Gasteiger partial charge in [-0.1, -0.05) is 24.3 Å². The number of esters is 1. The van der Waals surface area contributed by atoms with Gasteiger partial charge in [-0.25, -0.2) is 13.2 Å². The number of anilines is 1. The molecule has 0 amide bonds. The van der Waals surface area contributed by atoms with Crippen molar-refractivity contribution in [2.75, 3.05) is 17.5 Å². The molecular formula is C28H31NO5S. The van der Waals surface area contributed by atoms with Crippen molar-refractivity contribution in [3.05, 3.63) is 59.7 Å². The smallest absolute Gasteiger partial charge is 0.338 e. The number of nitrogens with zero attached hydrogens (tertiary/aromatic N) is 1. The van der Waals surface area contributed by atoms with Crippen LogP contribution in [0, 0.1) is 23.2 Å². The van der Waals surface area contributed by atoms with E-state index in [9.17, 15) is 18.0 Å². The van der Waals surface area contributed by atoms with Gasteiger partial charge >= 0.3 is 5.97 Å². The van der Waals surface area contributed by atoms with E-state index in [1.807, 2.05) is 24.3 Å². The molecule has 0 unspecified atom stereocenters. The molecule has 6 nitrogen and oxygen atoms in total. The van der Waals surface area contributed by atoms with Crippen LogP contribution in [0.15, 0.2) is 53.4 Å². The van der Waals surface area contributed by atoms with Gasteiger partial charge in [-0.3, -0.25) is 9.10 Å². The van der Waals surface area contributed by atoms with Gasteiger partial charge in [-0.05, 0) is 98.9 Å². The van der Waals surface area contributed by atoms with Crippen LogP contribution in [-0.2, 0) is 26.0 Å². The zero-order valence-electron chi connectivity index (χ0n) is 19.8. The molecule has 0 saturated heterocycles. The highest BCUT2D eigenvalue weighted by molar-refractivity contribution is 7.92. The molecule has 0 spiro atoms. The Morgan fingerprint density at radius 3 is 2.34 bits per heavy atom. The van der Waals surface area contributed by atoms with Crippen LogP contribution >= 0.6 is 0 Å². The van der Waals surface area contributed by atoms with Crippen LogP contribution in [0.3, 0.4) is 0 Å². The summed E-state index contributed by atoms with van der Waals surface area (Å²) in [6.45, 7) is 0.162. The summed E-state index contributed by atoms with van der Waals surface area (Å²) in [5.41, 5.74) is 1.52. The molecule has 4 aliphatic carbocycles. The lowest BCUT2D eigenvalue weighted by molar-refractivity contribution is -0.147. The molecule has 0 aromatic heterocycles. The molecule has 184 valence electrons. The molecule has 0 radical (unpaired) electrons. The van der Waals surface area contributed by atoms with E-state index in [0.717, 1.165) is 37.7 Å². The summed E-state index contributed by atoms with van der Waals surface area (Å²) in [6, 6.07) is 13.5. The zero-order valence-corrected chi connectivity index (χ0v) is 20.6. The van der Waals surface area contributed by atoms with E-state index < -0.39 is 16.0 Å². The van der Waals surface area contributed by atoms with Crippen LogP contribution in [-0.4, -0.2) is 33.3 Å². The van der Waals surface area contributed by atoms with Gasteiger partial charge in [0.25, 0.3) is 10.0 Å². The molecule has 7 heteroatoms. The maximum Gasteiger partial charge on any atom is 0.338 e. The largest absolute Gasteiger partial charge is 0.454 e. The number of ketones is 1. The fraction of sp³-hybridized carbons (Fsp3) is 0.500. The molecule has 7 rings (SSSR count). The van der Waals surface area contributed by atoms with Crippen molar-refractivity contribution in [1.29, 1.82) is 0 Å². The summed E-state index contributed by atoms with van der Waals surface area (Å²) in [7, 11) is -3.83. The lowest BCUT2D eigenvalue weighted by atomic mass is 9.48. The van der Waals surface area contributed by atoms with Crippen LogP contribution < -0.4 is 4.31 Å². The highest BCUT2D eigenvalue weighted by Crippen LogP contribution is 2.60. The van der Waals surface area contributed by atoms with Gasteiger partial charge in [0.2, 0.25) is 0 Å². The van der Waals surface area contributed by atoms with Crippen LogP contribution in [0.4, 0.5) is 5.69 Å². The number of benzene rings is 2. The van der Waals surface area contributed by atoms with Crippen molar-refractivity contribution in [2.24, 2.45) is 23.2 Å². The second-order valence-corrected chi connectivity index (χ2v) is 12.9. The molecule has 2 aromatic rings. The minimum atomic E-state index is -3.83. The summed E-state index contributed by atoms with van der Waals surface area (Å²) in [5, 5.41) is 0. The Kier molecular flexibility index (Phi) is 5.51. The Labute approximate surface area is 206 Å². The van der Waals surface area contributed by atoms with Crippen molar-refractivity contribution in [2.45, 2.75) is 56.3 Å². The van der Waals surface area contributed by atoms with E-state index in [4.69, 9.17) is 4.74 Å². The van der Waals surface area contributed by atoms with E-state index in [2.05, 4.69) is 0 Å². The fourth-order valence-electron chi connectivity index (χ4n) is 7.48. The molecule has 5 aliphatic rings. The summed E-state index contributed by atoms with van der Waals surface area (Å²) in [5.74, 6) is 1.31. The zero-order chi connectivity index (χ0) is 24.2. The van der Waals surface area contributed by atoms with E-state index in [1.165, 1.54) is 35.7 Å². The monoisotopic (exact) mass is 493 g/mol. The molecule has 4 fully saturated rings. The molecule has 0 atom stereocenters. The number of hydrogen-bond donors (Lipinski definition) is 0. The third-order valence-electron chi connectivity index (χ3n) is 8.69. The molecule has 4 saturated carbocycles. The third kappa shape index (κ3) is 3.98. The molecular weight excluding hydrogens is 462 g/mol. The van der Waals surface area contributed by atoms with Crippen LogP contribution in [0.25, 0.3) is 0 Å². The first-order chi connectivity index (χ1) is 16.8. The van der Waals surface area contributed by atoms with Gasteiger partial charge < -0.3 is 4.74 Å². The number of aryl methyl sites for hydroxylation is 1. The number of hydrogen-bond acceptors (Lipinski definition) is 5. The number of Topliss-reactive ketones (excluding diaryl/α,β-unsaturated/α-hetero) is 1. The highest BCUT2D eigenvalue weighted by atomic mass is 32.2. The third-order valence-corrected chi connectivity index (χ3v) is 10.5. The summed E-state index contributed by atoms with van der Waals surface area (Å²) >= 11 is 0. The number of carbonyl (C=O) groups excluding carboxylic acids is 2. The molecule has 2 aromatic carbocycles. The lowest BCUT2D eigenvalue weighted by Crippen LogP contribution is -2.51. The van der Waals surface area contributed by atoms with Gasteiger partial charge in [0.15, 0.2) is 12.4 Å². The summed E-state index contributed by atoms with van der Waals surface area (Å²) in [4.78, 5) is 26.1. The molecule has 0 N–H and O–H groups in total. The van der Waals surface area contributed by atoms with Gasteiger partial charge in [0.1, 0.15) is 0 Å². The number of sulfonamides is 1. The first kappa shape index (κ1) is 22.8. The van der Waals surface area contributed by atoms with Gasteiger partial charge in [-0.15, -0.1) is 0 Å². The molecule has 4 bridgehead atoms. The van der Waals surface area contributed by atoms with Crippen molar-refractivity contribution in [1.82, 2.24) is 0 Å². The van der Waals surface area contributed by atoms with Gasteiger partial charge in [0, 0.05) is 12.0 Å². The second-order valence-electron chi connectivity index (χ2n) is 11.0. The quantitative estimate of drug-likeness (QED) is 0.542. The molecule has 1 heterocycles. The number of ether oxygens (including phenoxy) is 1. The Morgan fingerprint density at radius 1 is 0.943 bits per heavy atom. The first-order valence-corrected chi connectivity index (χ1v) is 14.2. The van der Waals surface area contributed by atoms with Crippen LogP contribution in [0.2, 0.25) is 0 Å². The van der Waals surface area contributed by atoms with Crippen molar-refractivity contribution in [3.8, 4) is 0 Å². The molecule has 35 heavy (non-hydrogen) atoms. The van der Waals surface area contributed by atoms with Gasteiger partial charge in [0.05, 0.1) is 16.1 Å². The van der Waals surface area contributed by atoms with Crippen LogP contribution in [0.1, 0.15) is 60.9 Å². The van der Waals surface area contributed by atoms with Gasteiger partial charge in [-0.2, -0.15) is 0 Å². The van der Waals surface area contributed by atoms with Crippen molar-refractivity contribution < 1.29 is 22.7 Å². The summed E-state index contributed by atoms with van der Waals surface area (Å²) in [6.07, 6.45) is 8.11. The minimum Gasteiger partial charge on any atom is -0.454 e. The highest BCUT2D eigenvalue weighted by Gasteiger charge is 2.54. The fourth-order valence-corrected chi connectivity index (χ4v) is 9.07. The molecule has 1 aliphatic heterocycles. The Morgan fingerprint density at radius 2 is 1.63 bits per heavy atom. The van der Waals surface area contributed by atoms with Crippen molar-refractivity contribution >= 4 is 27.5 Å². The number of rotatable bonds is 6. The van der Waals surface area contributed by atoms with Crippen LogP contribution in [0.5, 0.6) is 0 Å². The van der Waals surface area contributed by atoms with E-state index >= 15 is 0 Å². The maximum atomic E-state index is 13.5. The average molecular weight is 494 g/mol. The minimum absolute atomic E-state index is 0.0404. The lowest BCUT2D eigenvalue weighted by Gasteiger charge is -2.55. The van der Waals surface area contributed by atoms with Crippen molar-refractivity contribution in [3.63, 3.8) is 0 Å². The second kappa shape index (κ2) is 8.47. The predicted octanol–water partition coefficient (Wildman–Crippen LogP) is 4.77. The maximum absolute atomic E-state index is 13.5. The average Bonchev–Trinajstić information content (AvgIpc) is 2.86. The Bertz CT molecular complexity index is 1250. The Balaban J connectivity index is 1.17. The normalized spacial score (nSPS) is 29.0. The standard InChI is InChI=1S/C28H31NO5S/c30-26(28-15-19-11-20(16-28)13-21(12-19)17-28)18-34-27(31)23-6-3-8-24(14-23)35(32,33)29-10-4-7-22-5-1-2-9-25(22)29/h1-3,5-6,8-9,14,19-21H,4,7,10-13,15-18H2.